The minimum Gasteiger partial charge on any atom is -0.447 e. The monoisotopic (exact) mass is 181 g/mol. The van der Waals surface area contributed by atoms with Crippen LogP contribution in [-0.2, 0) is 11.8 Å². The molecule has 1 N–H and O–H groups in total. The molecule has 0 aliphatic carbocycles. The second-order valence-electron chi connectivity index (χ2n) is 3.14. The van der Waals surface area contributed by atoms with E-state index < -0.39 is 0 Å². The Kier molecular flexibility index (Phi) is 1.72. The fraction of sp³-hybridized carbons (Fsp3) is 0.500. The van der Waals surface area contributed by atoms with Crippen LogP contribution < -0.4 is 5.32 Å². The first-order valence-corrected chi connectivity index (χ1v) is 4.10. The maximum absolute atomic E-state index is 10.8. The Morgan fingerprint density at radius 2 is 2.54 bits per heavy atom. The number of carbonyl (C=O) groups excluding carboxylic acids is 1. The van der Waals surface area contributed by atoms with E-state index in [1.54, 1.807) is 4.68 Å². The van der Waals surface area contributed by atoms with Crippen LogP contribution in [0.2, 0.25) is 0 Å². The minimum absolute atomic E-state index is 0.0406. The van der Waals surface area contributed by atoms with Crippen molar-refractivity contribution in [3.05, 3.63) is 17.5 Å². The number of carbonyl (C=O) groups is 1. The molecule has 1 aliphatic heterocycles. The summed E-state index contributed by atoms with van der Waals surface area (Å²) >= 11 is 0. The summed E-state index contributed by atoms with van der Waals surface area (Å²) in [6.07, 6.45) is 1.54. The number of nitrogens with zero attached hydrogens (tertiary/aromatic N) is 2. The third-order valence-corrected chi connectivity index (χ3v) is 2.10. The first kappa shape index (κ1) is 8.10. The highest BCUT2D eigenvalue weighted by molar-refractivity contribution is 5.70. The van der Waals surface area contributed by atoms with Gasteiger partial charge in [0.15, 0.2) is 0 Å². The van der Waals surface area contributed by atoms with E-state index in [1.807, 2.05) is 20.2 Å². The normalized spacial score (nSPS) is 21.4. The molecule has 1 amide bonds. The van der Waals surface area contributed by atoms with Crippen LogP contribution in [-0.4, -0.2) is 22.5 Å². The Balaban J connectivity index is 2.25. The first-order valence-electron chi connectivity index (χ1n) is 4.10. The molecule has 1 fully saturated rings. The van der Waals surface area contributed by atoms with Gasteiger partial charge in [0.05, 0.1) is 11.7 Å². The predicted molar refractivity (Wildman–Crippen MR) is 45.2 cm³/mol. The van der Waals surface area contributed by atoms with Crippen molar-refractivity contribution in [3.63, 3.8) is 0 Å². The molecule has 1 aliphatic rings. The molecule has 13 heavy (non-hydrogen) atoms. The van der Waals surface area contributed by atoms with Gasteiger partial charge in [-0.05, 0) is 6.92 Å². The van der Waals surface area contributed by atoms with E-state index in [0.717, 1.165) is 11.3 Å². The van der Waals surface area contributed by atoms with E-state index in [-0.39, 0.29) is 12.1 Å². The first-order chi connectivity index (χ1) is 6.16. The molecule has 2 rings (SSSR count). The van der Waals surface area contributed by atoms with Gasteiger partial charge in [0.1, 0.15) is 6.61 Å². The van der Waals surface area contributed by atoms with E-state index in [0.29, 0.717) is 6.61 Å². The average Bonchev–Trinajstić information content (AvgIpc) is 2.58. The third-order valence-electron chi connectivity index (χ3n) is 2.10. The summed E-state index contributed by atoms with van der Waals surface area (Å²) in [7, 11) is 1.86. The lowest BCUT2D eigenvalue weighted by molar-refractivity contribution is 0.177. The van der Waals surface area contributed by atoms with Gasteiger partial charge in [-0.2, -0.15) is 5.10 Å². The molecule has 0 saturated carbocycles. The molecular weight excluding hydrogens is 170 g/mol. The van der Waals surface area contributed by atoms with Crippen molar-refractivity contribution < 1.29 is 9.53 Å². The third kappa shape index (κ3) is 1.37. The highest BCUT2D eigenvalue weighted by atomic mass is 16.6. The molecule has 1 unspecified atom stereocenters. The van der Waals surface area contributed by atoms with Gasteiger partial charge in [0.25, 0.3) is 0 Å². The molecule has 2 heterocycles. The number of hydrogen-bond acceptors (Lipinski definition) is 3. The average molecular weight is 181 g/mol. The van der Waals surface area contributed by atoms with Gasteiger partial charge in [-0.15, -0.1) is 0 Å². The highest BCUT2D eigenvalue weighted by Gasteiger charge is 2.26. The zero-order valence-corrected chi connectivity index (χ0v) is 7.57. The van der Waals surface area contributed by atoms with Gasteiger partial charge >= 0.3 is 6.09 Å². The van der Waals surface area contributed by atoms with Crippen molar-refractivity contribution in [1.29, 1.82) is 0 Å². The summed E-state index contributed by atoms with van der Waals surface area (Å²) < 4.78 is 6.53. The lowest BCUT2D eigenvalue weighted by atomic mass is 10.1. The van der Waals surface area contributed by atoms with Crippen LogP contribution >= 0.6 is 0 Å². The van der Waals surface area contributed by atoms with E-state index in [1.165, 1.54) is 0 Å². The van der Waals surface area contributed by atoms with Gasteiger partial charge in [0, 0.05) is 18.8 Å². The summed E-state index contributed by atoms with van der Waals surface area (Å²) in [4.78, 5) is 10.8. The summed E-state index contributed by atoms with van der Waals surface area (Å²) in [5.74, 6) is 0. The molecule has 0 bridgehead atoms. The number of nitrogens with one attached hydrogen (secondary N) is 1. The Labute approximate surface area is 75.7 Å². The van der Waals surface area contributed by atoms with Crippen molar-refractivity contribution in [2.45, 2.75) is 13.0 Å². The quantitative estimate of drug-likeness (QED) is 0.686. The van der Waals surface area contributed by atoms with E-state index in [4.69, 9.17) is 4.74 Å². The smallest absolute Gasteiger partial charge is 0.407 e. The fourth-order valence-electron chi connectivity index (χ4n) is 1.51. The molecule has 0 spiro atoms. The minimum atomic E-state index is -0.353. The van der Waals surface area contributed by atoms with Crippen LogP contribution in [0.1, 0.15) is 17.3 Å². The number of aryl methyl sites for hydroxylation is 2. The number of rotatable bonds is 1. The summed E-state index contributed by atoms with van der Waals surface area (Å²) in [6.45, 7) is 2.31. The van der Waals surface area contributed by atoms with E-state index >= 15 is 0 Å². The number of ether oxygens (including phenoxy) is 1. The van der Waals surface area contributed by atoms with Crippen LogP contribution in [0.25, 0.3) is 0 Å². The van der Waals surface area contributed by atoms with E-state index in [9.17, 15) is 4.79 Å². The zero-order valence-electron chi connectivity index (χ0n) is 7.57. The number of hydrogen-bond donors (Lipinski definition) is 1. The van der Waals surface area contributed by atoms with Crippen molar-refractivity contribution >= 4 is 6.09 Å². The van der Waals surface area contributed by atoms with Crippen LogP contribution in [0.5, 0.6) is 0 Å². The number of cyclic esters (lactones) is 1. The van der Waals surface area contributed by atoms with Gasteiger partial charge in [-0.3, -0.25) is 4.68 Å². The largest absolute Gasteiger partial charge is 0.447 e. The molecule has 1 saturated heterocycles. The van der Waals surface area contributed by atoms with Gasteiger partial charge in [-0.25, -0.2) is 4.79 Å². The molecule has 1 atom stereocenters. The summed E-state index contributed by atoms with van der Waals surface area (Å²) in [5, 5.41) is 6.90. The lowest BCUT2D eigenvalue weighted by Crippen LogP contribution is -2.18. The van der Waals surface area contributed by atoms with E-state index in [2.05, 4.69) is 10.4 Å². The topological polar surface area (TPSA) is 56.2 Å². The van der Waals surface area contributed by atoms with Crippen LogP contribution in [0.3, 0.4) is 0 Å². The Hall–Kier alpha value is -1.52. The SMILES string of the molecule is Cc1nn(C)cc1C1COC(=O)N1. The molecule has 1 aromatic rings. The van der Waals surface area contributed by atoms with Crippen molar-refractivity contribution in [3.8, 4) is 0 Å². The Morgan fingerprint density at radius 1 is 1.77 bits per heavy atom. The van der Waals surface area contributed by atoms with Gasteiger partial charge < -0.3 is 10.1 Å². The van der Waals surface area contributed by atoms with Crippen molar-refractivity contribution in [2.75, 3.05) is 6.61 Å². The van der Waals surface area contributed by atoms with Crippen molar-refractivity contribution in [2.24, 2.45) is 7.05 Å². The zero-order chi connectivity index (χ0) is 9.42. The standard InChI is InChI=1S/C8H11N3O2/c1-5-6(3-11(2)10-5)7-4-13-8(12)9-7/h3,7H,4H2,1-2H3,(H,9,12). The molecule has 5 nitrogen and oxygen atoms in total. The fourth-order valence-corrected chi connectivity index (χ4v) is 1.51. The highest BCUT2D eigenvalue weighted by Crippen LogP contribution is 2.20. The lowest BCUT2D eigenvalue weighted by Gasteiger charge is -2.03. The van der Waals surface area contributed by atoms with Crippen LogP contribution in [0, 0.1) is 6.92 Å². The predicted octanol–water partition coefficient (Wildman–Crippen LogP) is 0.509. The molecule has 0 radical (unpaired) electrons. The summed E-state index contributed by atoms with van der Waals surface area (Å²) in [6, 6.07) is -0.0406. The van der Waals surface area contributed by atoms with Crippen LogP contribution in [0.4, 0.5) is 4.79 Å². The molecule has 70 valence electrons. The Morgan fingerprint density at radius 3 is 3.00 bits per heavy atom. The molecule has 1 aromatic heterocycles. The number of alkyl carbamates (subject to hydrolysis) is 1. The molecule has 0 aromatic carbocycles. The Bertz CT molecular complexity index is 345. The second-order valence-corrected chi connectivity index (χ2v) is 3.14. The summed E-state index contributed by atoms with van der Waals surface area (Å²) in [5.41, 5.74) is 1.95. The maximum atomic E-state index is 10.8. The maximum Gasteiger partial charge on any atom is 0.407 e. The van der Waals surface area contributed by atoms with Crippen molar-refractivity contribution in [1.82, 2.24) is 15.1 Å². The second kappa shape index (κ2) is 2.76. The number of aromatic nitrogens is 2. The van der Waals surface area contributed by atoms with Gasteiger partial charge in [0.2, 0.25) is 0 Å². The van der Waals surface area contributed by atoms with Gasteiger partial charge in [-0.1, -0.05) is 0 Å². The molecular formula is C8H11N3O2. The van der Waals surface area contributed by atoms with Crippen LogP contribution in [0.15, 0.2) is 6.20 Å². The molecule has 5 heteroatoms. The number of amides is 1.